The van der Waals surface area contributed by atoms with Gasteiger partial charge in [-0.15, -0.1) is 0 Å². The van der Waals surface area contributed by atoms with Gasteiger partial charge in [-0.1, -0.05) is 5.16 Å². The summed E-state index contributed by atoms with van der Waals surface area (Å²) < 4.78 is 15.6. The van der Waals surface area contributed by atoms with Gasteiger partial charge in [0.1, 0.15) is 17.3 Å². The molecule has 0 aliphatic carbocycles. The van der Waals surface area contributed by atoms with Crippen molar-refractivity contribution in [3.05, 3.63) is 40.8 Å². The summed E-state index contributed by atoms with van der Waals surface area (Å²) in [5.74, 6) is 1.72. The third kappa shape index (κ3) is 4.11. The Morgan fingerprint density at radius 3 is 2.07 bits per heavy atom. The molecule has 150 valence electrons. The van der Waals surface area contributed by atoms with Gasteiger partial charge in [-0.3, -0.25) is 9.59 Å². The first kappa shape index (κ1) is 19.7. The van der Waals surface area contributed by atoms with Crippen LogP contribution < -0.4 is 9.47 Å². The van der Waals surface area contributed by atoms with Gasteiger partial charge in [0.25, 0.3) is 5.91 Å². The summed E-state index contributed by atoms with van der Waals surface area (Å²) in [6.45, 7) is 5.58. The Hall–Kier alpha value is -3.03. The lowest BCUT2D eigenvalue weighted by molar-refractivity contribution is -0.131. The number of nitrogens with zero attached hydrogens (tertiary/aromatic N) is 3. The number of hydrogen-bond donors (Lipinski definition) is 0. The van der Waals surface area contributed by atoms with E-state index in [0.717, 1.165) is 11.3 Å². The Morgan fingerprint density at radius 1 is 1.00 bits per heavy atom. The zero-order valence-corrected chi connectivity index (χ0v) is 16.7. The second-order valence-corrected chi connectivity index (χ2v) is 6.75. The van der Waals surface area contributed by atoms with Gasteiger partial charge in [-0.25, -0.2) is 0 Å². The number of hydrogen-bond acceptors (Lipinski definition) is 6. The highest BCUT2D eigenvalue weighted by Gasteiger charge is 2.26. The molecule has 1 aliphatic rings. The van der Waals surface area contributed by atoms with Crippen LogP contribution in [0.4, 0.5) is 0 Å². The summed E-state index contributed by atoms with van der Waals surface area (Å²) in [7, 11) is 3.10. The van der Waals surface area contributed by atoms with Crippen molar-refractivity contribution >= 4 is 11.8 Å². The summed E-state index contributed by atoms with van der Waals surface area (Å²) >= 11 is 0. The number of benzene rings is 1. The first-order chi connectivity index (χ1) is 13.4. The maximum Gasteiger partial charge on any atom is 0.254 e. The van der Waals surface area contributed by atoms with E-state index in [9.17, 15) is 9.59 Å². The first-order valence-electron chi connectivity index (χ1n) is 9.14. The first-order valence-corrected chi connectivity index (χ1v) is 9.14. The van der Waals surface area contributed by atoms with E-state index in [1.165, 1.54) is 0 Å². The molecule has 0 N–H and O–H groups in total. The second-order valence-electron chi connectivity index (χ2n) is 6.75. The number of amides is 2. The molecule has 1 saturated heterocycles. The summed E-state index contributed by atoms with van der Waals surface area (Å²) in [6, 6.07) is 5.11. The summed E-state index contributed by atoms with van der Waals surface area (Å²) in [5.41, 5.74) is 2.09. The van der Waals surface area contributed by atoms with Crippen LogP contribution in [-0.2, 0) is 11.2 Å². The number of aryl methyl sites for hydroxylation is 2. The molecule has 1 aromatic heterocycles. The zero-order valence-electron chi connectivity index (χ0n) is 16.7. The largest absolute Gasteiger partial charge is 0.497 e. The molecule has 28 heavy (non-hydrogen) atoms. The average molecular weight is 387 g/mol. The van der Waals surface area contributed by atoms with Crippen LogP contribution in [0, 0.1) is 13.8 Å². The quantitative estimate of drug-likeness (QED) is 0.778. The summed E-state index contributed by atoms with van der Waals surface area (Å²) in [5, 5.41) is 3.89. The number of carbonyl (C=O) groups excluding carboxylic acids is 2. The monoisotopic (exact) mass is 387 g/mol. The third-order valence-electron chi connectivity index (χ3n) is 5.03. The van der Waals surface area contributed by atoms with Gasteiger partial charge < -0.3 is 23.8 Å². The van der Waals surface area contributed by atoms with Crippen molar-refractivity contribution in [1.29, 1.82) is 0 Å². The maximum absolute atomic E-state index is 12.8. The third-order valence-corrected chi connectivity index (χ3v) is 5.03. The average Bonchev–Trinajstić information content (AvgIpc) is 3.04. The number of piperazine rings is 1. The topological polar surface area (TPSA) is 85.1 Å². The van der Waals surface area contributed by atoms with Crippen LogP contribution in [-0.4, -0.2) is 67.2 Å². The van der Waals surface area contributed by atoms with Crippen LogP contribution in [0.1, 0.15) is 27.4 Å². The van der Waals surface area contributed by atoms with Crippen LogP contribution in [0.2, 0.25) is 0 Å². The Bertz CT molecular complexity index is 827. The molecule has 0 saturated carbocycles. The van der Waals surface area contributed by atoms with E-state index in [1.54, 1.807) is 42.2 Å². The van der Waals surface area contributed by atoms with Crippen molar-refractivity contribution < 1.29 is 23.6 Å². The highest BCUT2D eigenvalue weighted by atomic mass is 16.5. The molecule has 0 spiro atoms. The van der Waals surface area contributed by atoms with Gasteiger partial charge in [0.05, 0.1) is 26.3 Å². The molecule has 1 aliphatic heterocycles. The normalized spacial score (nSPS) is 14.1. The fourth-order valence-corrected chi connectivity index (χ4v) is 3.29. The van der Waals surface area contributed by atoms with Crippen LogP contribution in [0.5, 0.6) is 11.5 Å². The maximum atomic E-state index is 12.8. The predicted octanol–water partition coefficient (Wildman–Crippen LogP) is 1.84. The standard InChI is InChI=1S/C20H25N3O5/c1-13-18(14(2)28-21-13)12-19(24)22-5-7-23(8-6-22)20(25)15-9-16(26-3)11-17(10-15)27-4/h9-11H,5-8,12H2,1-4H3. The van der Waals surface area contributed by atoms with Crippen molar-refractivity contribution in [3.8, 4) is 11.5 Å². The zero-order chi connectivity index (χ0) is 20.3. The van der Waals surface area contributed by atoms with Crippen LogP contribution >= 0.6 is 0 Å². The van der Waals surface area contributed by atoms with Gasteiger partial charge in [0, 0.05) is 43.4 Å². The predicted molar refractivity (Wildman–Crippen MR) is 102 cm³/mol. The lowest BCUT2D eigenvalue weighted by Gasteiger charge is -2.35. The minimum absolute atomic E-state index is 0.0181. The van der Waals surface area contributed by atoms with Crippen molar-refractivity contribution in [2.24, 2.45) is 0 Å². The SMILES string of the molecule is COc1cc(OC)cc(C(=O)N2CCN(C(=O)Cc3c(C)noc3C)CC2)c1. The van der Waals surface area contributed by atoms with E-state index in [4.69, 9.17) is 14.0 Å². The Kier molecular flexibility index (Phi) is 5.87. The number of carbonyl (C=O) groups is 2. The lowest BCUT2D eigenvalue weighted by atomic mass is 10.1. The van der Waals surface area contributed by atoms with Gasteiger partial charge in [0.2, 0.25) is 5.91 Å². The molecule has 2 aromatic rings. The number of methoxy groups -OCH3 is 2. The van der Waals surface area contributed by atoms with Gasteiger partial charge in [-0.05, 0) is 26.0 Å². The molecular weight excluding hydrogens is 362 g/mol. The van der Waals surface area contributed by atoms with Crippen molar-refractivity contribution in [2.45, 2.75) is 20.3 Å². The number of ether oxygens (including phenoxy) is 2. The highest BCUT2D eigenvalue weighted by molar-refractivity contribution is 5.95. The highest BCUT2D eigenvalue weighted by Crippen LogP contribution is 2.24. The molecule has 1 aromatic carbocycles. The van der Waals surface area contributed by atoms with Crippen LogP contribution in [0.15, 0.2) is 22.7 Å². The minimum atomic E-state index is -0.102. The molecule has 0 bridgehead atoms. The Balaban J connectivity index is 1.62. The molecular formula is C20H25N3O5. The second kappa shape index (κ2) is 8.33. The Morgan fingerprint density at radius 2 is 1.57 bits per heavy atom. The molecule has 3 rings (SSSR count). The molecule has 0 radical (unpaired) electrons. The molecule has 0 unspecified atom stereocenters. The van der Waals surface area contributed by atoms with Crippen molar-refractivity contribution in [3.63, 3.8) is 0 Å². The fraction of sp³-hybridized carbons (Fsp3) is 0.450. The molecule has 8 nitrogen and oxygen atoms in total. The lowest BCUT2D eigenvalue weighted by Crippen LogP contribution is -2.51. The molecule has 2 amide bonds. The summed E-state index contributed by atoms with van der Waals surface area (Å²) in [4.78, 5) is 29.0. The van der Waals surface area contributed by atoms with E-state index in [0.29, 0.717) is 49.0 Å². The van der Waals surface area contributed by atoms with E-state index >= 15 is 0 Å². The summed E-state index contributed by atoms with van der Waals surface area (Å²) in [6.07, 6.45) is 0.266. The molecule has 0 atom stereocenters. The molecule has 1 fully saturated rings. The van der Waals surface area contributed by atoms with Crippen LogP contribution in [0.25, 0.3) is 0 Å². The van der Waals surface area contributed by atoms with E-state index in [1.807, 2.05) is 13.8 Å². The van der Waals surface area contributed by atoms with Crippen LogP contribution in [0.3, 0.4) is 0 Å². The van der Waals surface area contributed by atoms with E-state index < -0.39 is 0 Å². The van der Waals surface area contributed by atoms with Gasteiger partial charge in [0.15, 0.2) is 0 Å². The number of aromatic nitrogens is 1. The molecule has 8 heteroatoms. The Labute approximate surface area is 164 Å². The van der Waals surface area contributed by atoms with E-state index in [-0.39, 0.29) is 18.2 Å². The van der Waals surface area contributed by atoms with Gasteiger partial charge >= 0.3 is 0 Å². The van der Waals surface area contributed by atoms with E-state index in [2.05, 4.69) is 5.16 Å². The van der Waals surface area contributed by atoms with Gasteiger partial charge in [-0.2, -0.15) is 0 Å². The smallest absolute Gasteiger partial charge is 0.254 e. The van der Waals surface area contributed by atoms with Crippen molar-refractivity contribution in [2.75, 3.05) is 40.4 Å². The van der Waals surface area contributed by atoms with Crippen molar-refractivity contribution in [1.82, 2.24) is 15.0 Å². The minimum Gasteiger partial charge on any atom is -0.497 e. The number of rotatable bonds is 5. The molecule has 2 heterocycles. The fourth-order valence-electron chi connectivity index (χ4n) is 3.29.